The number of aromatic nitrogens is 1. The average Bonchev–Trinajstić information content (AvgIpc) is 2.85. The van der Waals surface area contributed by atoms with E-state index in [2.05, 4.69) is 4.98 Å². The molecule has 1 aliphatic heterocycles. The molecular formula is C20H16N2O2. The molecule has 0 spiro atoms. The lowest BCUT2D eigenvalue weighted by Gasteiger charge is -2.34. The van der Waals surface area contributed by atoms with E-state index in [1.54, 1.807) is 30.5 Å². The van der Waals surface area contributed by atoms with E-state index in [1.165, 1.54) is 4.90 Å². The van der Waals surface area contributed by atoms with Gasteiger partial charge in [-0.15, -0.1) is 0 Å². The number of nitrogens with zero attached hydrogens (tertiary/aromatic N) is 2. The molecule has 0 fully saturated rings. The molecule has 0 radical (unpaired) electrons. The summed E-state index contributed by atoms with van der Waals surface area (Å²) in [5.74, 6) is 0.178. The van der Waals surface area contributed by atoms with E-state index in [9.17, 15) is 9.90 Å². The van der Waals surface area contributed by atoms with Gasteiger partial charge in [0, 0.05) is 22.9 Å². The number of aryl methyl sites for hydroxylation is 1. The summed E-state index contributed by atoms with van der Waals surface area (Å²) in [7, 11) is 0. The Hall–Kier alpha value is -2.98. The van der Waals surface area contributed by atoms with E-state index in [1.807, 2.05) is 49.4 Å². The zero-order valence-corrected chi connectivity index (χ0v) is 13.2. The number of hydrogen-bond acceptors (Lipinski definition) is 3. The number of pyridine rings is 1. The number of rotatable bonds is 2. The first-order chi connectivity index (χ1) is 11.6. The molecule has 0 saturated heterocycles. The van der Waals surface area contributed by atoms with Gasteiger partial charge in [-0.1, -0.05) is 48.5 Å². The van der Waals surface area contributed by atoms with Crippen molar-refractivity contribution in [2.75, 3.05) is 4.90 Å². The molecule has 1 unspecified atom stereocenters. The van der Waals surface area contributed by atoms with Crippen molar-refractivity contribution in [1.29, 1.82) is 0 Å². The summed E-state index contributed by atoms with van der Waals surface area (Å²) in [5, 5.41) is 11.7. The van der Waals surface area contributed by atoms with Gasteiger partial charge in [-0.05, 0) is 30.7 Å². The molecule has 4 heteroatoms. The summed E-state index contributed by atoms with van der Waals surface area (Å²) in [4.78, 5) is 18.7. The van der Waals surface area contributed by atoms with Crippen molar-refractivity contribution in [2.24, 2.45) is 0 Å². The molecule has 1 N–H and O–H groups in total. The molecule has 1 aliphatic rings. The molecule has 0 bridgehead atoms. The maximum atomic E-state index is 13.0. The monoisotopic (exact) mass is 316 g/mol. The van der Waals surface area contributed by atoms with Crippen molar-refractivity contribution in [3.8, 4) is 0 Å². The van der Waals surface area contributed by atoms with E-state index in [0.717, 1.165) is 5.56 Å². The number of aliphatic hydroxyl groups is 1. The largest absolute Gasteiger partial charge is 0.363 e. The van der Waals surface area contributed by atoms with Crippen LogP contribution in [0.25, 0.3) is 0 Å². The summed E-state index contributed by atoms with van der Waals surface area (Å²) in [6, 6.07) is 20.0. The highest BCUT2D eigenvalue weighted by molar-refractivity contribution is 6.12. The molecule has 4 rings (SSSR count). The fourth-order valence-electron chi connectivity index (χ4n) is 3.23. The smallest absolute Gasteiger partial charge is 0.262 e. The van der Waals surface area contributed by atoms with Crippen molar-refractivity contribution < 1.29 is 9.90 Å². The lowest BCUT2D eigenvalue weighted by molar-refractivity contribution is 0.0698. The van der Waals surface area contributed by atoms with Gasteiger partial charge >= 0.3 is 0 Å². The maximum Gasteiger partial charge on any atom is 0.262 e. The Morgan fingerprint density at radius 1 is 1.00 bits per heavy atom. The third kappa shape index (κ3) is 1.97. The van der Waals surface area contributed by atoms with Crippen molar-refractivity contribution in [2.45, 2.75) is 12.6 Å². The fraction of sp³-hybridized carbons (Fsp3) is 0.100. The second kappa shape index (κ2) is 5.28. The molecule has 1 atom stereocenters. The van der Waals surface area contributed by atoms with Gasteiger partial charge in [0.2, 0.25) is 0 Å². The van der Waals surface area contributed by atoms with Gasteiger partial charge in [0.1, 0.15) is 5.82 Å². The van der Waals surface area contributed by atoms with E-state index in [0.29, 0.717) is 22.5 Å². The fourth-order valence-corrected chi connectivity index (χ4v) is 3.23. The quantitative estimate of drug-likeness (QED) is 0.789. The van der Waals surface area contributed by atoms with Crippen molar-refractivity contribution in [3.63, 3.8) is 0 Å². The summed E-state index contributed by atoms with van der Waals surface area (Å²) in [6.45, 7) is 1.93. The van der Waals surface area contributed by atoms with Gasteiger partial charge in [-0.3, -0.25) is 9.69 Å². The molecule has 118 valence electrons. The Labute approximate surface area is 140 Å². The number of hydrogen-bond donors (Lipinski definition) is 1. The summed E-state index contributed by atoms with van der Waals surface area (Å²) >= 11 is 0. The minimum atomic E-state index is -1.57. The number of fused-ring (bicyclic) bond motifs is 1. The van der Waals surface area contributed by atoms with E-state index >= 15 is 0 Å². The summed E-state index contributed by atoms with van der Waals surface area (Å²) in [5.41, 5.74) is 1.10. The lowest BCUT2D eigenvalue weighted by Crippen LogP contribution is -2.45. The molecule has 2 heterocycles. The van der Waals surface area contributed by atoms with Gasteiger partial charge in [-0.2, -0.15) is 0 Å². The van der Waals surface area contributed by atoms with Gasteiger partial charge in [0.25, 0.3) is 5.91 Å². The molecule has 0 saturated carbocycles. The third-order valence-corrected chi connectivity index (χ3v) is 4.37. The predicted molar refractivity (Wildman–Crippen MR) is 91.7 cm³/mol. The Morgan fingerprint density at radius 3 is 2.46 bits per heavy atom. The Kier molecular flexibility index (Phi) is 3.22. The first-order valence-corrected chi connectivity index (χ1v) is 7.77. The van der Waals surface area contributed by atoms with Crippen molar-refractivity contribution in [1.82, 2.24) is 4.98 Å². The summed E-state index contributed by atoms with van der Waals surface area (Å²) < 4.78 is 0. The number of benzene rings is 2. The second-order valence-corrected chi connectivity index (χ2v) is 5.92. The van der Waals surface area contributed by atoms with Gasteiger partial charge in [0.05, 0.1) is 0 Å². The van der Waals surface area contributed by atoms with Crippen LogP contribution in [0, 0.1) is 6.92 Å². The molecule has 24 heavy (non-hydrogen) atoms. The Bertz CT molecular complexity index is 924. The van der Waals surface area contributed by atoms with Crippen LogP contribution >= 0.6 is 0 Å². The normalized spacial score (nSPS) is 19.4. The van der Waals surface area contributed by atoms with Crippen LogP contribution < -0.4 is 4.90 Å². The highest BCUT2D eigenvalue weighted by Gasteiger charge is 2.51. The SMILES string of the molecule is Cc1ccnc(N2C(=O)c3ccccc3C2(O)c2ccccc2)c1. The highest BCUT2D eigenvalue weighted by Crippen LogP contribution is 2.44. The van der Waals surface area contributed by atoms with Crippen molar-refractivity contribution >= 4 is 11.7 Å². The number of carbonyl (C=O) groups excluding carboxylic acids is 1. The molecule has 1 aromatic heterocycles. The van der Waals surface area contributed by atoms with Crippen LogP contribution in [0.5, 0.6) is 0 Å². The minimum absolute atomic E-state index is 0.255. The summed E-state index contributed by atoms with van der Waals surface area (Å²) in [6.07, 6.45) is 1.65. The van der Waals surface area contributed by atoms with Gasteiger partial charge in [-0.25, -0.2) is 4.98 Å². The molecule has 4 nitrogen and oxygen atoms in total. The molecule has 3 aromatic rings. The van der Waals surface area contributed by atoms with Crippen LogP contribution in [0.4, 0.5) is 5.82 Å². The van der Waals surface area contributed by atoms with Crippen LogP contribution in [0.2, 0.25) is 0 Å². The molecule has 0 aliphatic carbocycles. The Morgan fingerprint density at radius 2 is 1.71 bits per heavy atom. The van der Waals surface area contributed by atoms with Gasteiger partial charge < -0.3 is 5.11 Å². The second-order valence-electron chi connectivity index (χ2n) is 5.92. The molecular weight excluding hydrogens is 300 g/mol. The van der Waals surface area contributed by atoms with E-state index in [-0.39, 0.29) is 5.91 Å². The van der Waals surface area contributed by atoms with E-state index < -0.39 is 5.72 Å². The first kappa shape index (κ1) is 14.6. The maximum absolute atomic E-state index is 13.0. The predicted octanol–water partition coefficient (Wildman–Crippen LogP) is 3.24. The van der Waals surface area contributed by atoms with Crippen LogP contribution in [0.3, 0.4) is 0 Å². The topological polar surface area (TPSA) is 53.4 Å². The minimum Gasteiger partial charge on any atom is -0.363 e. The molecule has 2 aromatic carbocycles. The zero-order valence-electron chi connectivity index (χ0n) is 13.2. The average molecular weight is 316 g/mol. The zero-order chi connectivity index (χ0) is 16.7. The van der Waals surface area contributed by atoms with Crippen LogP contribution in [0.15, 0.2) is 72.9 Å². The first-order valence-electron chi connectivity index (χ1n) is 7.77. The number of anilines is 1. The Balaban J connectivity index is 2.00. The van der Waals surface area contributed by atoms with Crippen LogP contribution in [-0.4, -0.2) is 16.0 Å². The van der Waals surface area contributed by atoms with Crippen LogP contribution in [0.1, 0.15) is 27.0 Å². The van der Waals surface area contributed by atoms with Gasteiger partial charge in [0.15, 0.2) is 5.72 Å². The number of carbonyl (C=O) groups is 1. The van der Waals surface area contributed by atoms with E-state index in [4.69, 9.17) is 0 Å². The van der Waals surface area contributed by atoms with Crippen molar-refractivity contribution in [3.05, 3.63) is 95.2 Å². The molecule has 1 amide bonds. The third-order valence-electron chi connectivity index (χ3n) is 4.37. The highest BCUT2D eigenvalue weighted by atomic mass is 16.3. The standard InChI is InChI=1S/C20H16N2O2/c1-14-11-12-21-18(13-14)22-19(23)16-9-5-6-10-17(16)20(22,24)15-7-3-2-4-8-15/h2-13,24H,1H3. The van der Waals surface area contributed by atoms with Crippen LogP contribution in [-0.2, 0) is 5.72 Å². The lowest BCUT2D eigenvalue weighted by atomic mass is 9.94. The number of amides is 1.